The highest BCUT2D eigenvalue weighted by molar-refractivity contribution is 5.91. The summed E-state index contributed by atoms with van der Waals surface area (Å²) in [5, 5.41) is 18.6. The summed E-state index contributed by atoms with van der Waals surface area (Å²) in [5.41, 5.74) is 0.692. The number of carbonyl (C=O) groups is 2. The van der Waals surface area contributed by atoms with Crippen LogP contribution in [0.3, 0.4) is 0 Å². The van der Waals surface area contributed by atoms with E-state index in [9.17, 15) is 14.7 Å². The summed E-state index contributed by atoms with van der Waals surface area (Å²) in [4.78, 5) is 25.4. The second-order valence-electron chi connectivity index (χ2n) is 5.41. The van der Waals surface area contributed by atoms with E-state index in [1.165, 1.54) is 6.07 Å². The highest BCUT2D eigenvalue weighted by Gasteiger charge is 2.25. The lowest BCUT2D eigenvalue weighted by Crippen LogP contribution is -2.43. The lowest BCUT2D eigenvalue weighted by molar-refractivity contribution is -0.133. The molecule has 5 heteroatoms. The summed E-state index contributed by atoms with van der Waals surface area (Å²) in [6.45, 7) is 0.603. The van der Waals surface area contributed by atoms with Crippen molar-refractivity contribution in [3.8, 4) is 0 Å². The number of aromatic carboxylic acids is 1. The van der Waals surface area contributed by atoms with Crippen LogP contribution in [-0.2, 0) is 11.2 Å². The minimum atomic E-state index is -1.02. The van der Waals surface area contributed by atoms with Crippen LogP contribution >= 0.6 is 0 Å². The Labute approximate surface area is 124 Å². The zero-order valence-electron chi connectivity index (χ0n) is 12.0. The molecule has 0 aromatic heterocycles. The molecule has 114 valence electrons. The second kappa shape index (κ2) is 7.22. The highest BCUT2D eigenvalue weighted by Crippen LogP contribution is 2.19. The van der Waals surface area contributed by atoms with Gasteiger partial charge in [0.25, 0.3) is 0 Å². The highest BCUT2D eigenvalue weighted by atomic mass is 16.4. The summed E-state index contributed by atoms with van der Waals surface area (Å²) >= 11 is 0. The van der Waals surface area contributed by atoms with Gasteiger partial charge in [-0.25, -0.2) is 4.79 Å². The second-order valence-corrected chi connectivity index (χ2v) is 5.41. The van der Waals surface area contributed by atoms with Crippen LogP contribution in [-0.4, -0.2) is 46.2 Å². The molecule has 21 heavy (non-hydrogen) atoms. The van der Waals surface area contributed by atoms with E-state index in [1.807, 2.05) is 0 Å². The first-order valence-electron chi connectivity index (χ1n) is 7.35. The smallest absolute Gasteiger partial charge is 0.335 e. The molecule has 0 saturated carbocycles. The third-order valence-corrected chi connectivity index (χ3v) is 4.00. The molecule has 0 radical (unpaired) electrons. The van der Waals surface area contributed by atoms with Crippen molar-refractivity contribution in [1.82, 2.24) is 4.90 Å². The van der Waals surface area contributed by atoms with Crippen LogP contribution in [0.1, 0.15) is 41.6 Å². The third-order valence-electron chi connectivity index (χ3n) is 4.00. The Morgan fingerprint density at radius 2 is 1.95 bits per heavy atom. The van der Waals surface area contributed by atoms with Gasteiger partial charge in [-0.15, -0.1) is 0 Å². The number of benzene rings is 1. The quantitative estimate of drug-likeness (QED) is 0.885. The average Bonchev–Trinajstić information content (AvgIpc) is 2.72. The van der Waals surface area contributed by atoms with E-state index in [0.717, 1.165) is 25.7 Å². The van der Waals surface area contributed by atoms with E-state index in [2.05, 4.69) is 0 Å². The molecule has 0 bridgehead atoms. The van der Waals surface area contributed by atoms with Crippen molar-refractivity contribution in [3.63, 3.8) is 0 Å². The molecule has 1 amide bonds. The number of carboxylic acids is 1. The molecular weight excluding hydrogens is 270 g/mol. The van der Waals surface area contributed by atoms with Crippen LogP contribution in [0, 0.1) is 0 Å². The zero-order chi connectivity index (χ0) is 15.2. The first-order chi connectivity index (χ1) is 10.1. The van der Waals surface area contributed by atoms with Crippen LogP contribution in [0.15, 0.2) is 24.3 Å². The molecule has 1 atom stereocenters. The Kier molecular flexibility index (Phi) is 5.33. The van der Waals surface area contributed by atoms with Crippen LogP contribution in [0.5, 0.6) is 0 Å². The number of nitrogens with zero attached hydrogens (tertiary/aromatic N) is 1. The molecular formula is C16H21NO4. The van der Waals surface area contributed by atoms with Gasteiger partial charge in [-0.2, -0.15) is 0 Å². The van der Waals surface area contributed by atoms with Crippen LogP contribution in [0.2, 0.25) is 0 Å². The minimum absolute atomic E-state index is 0.0354. The van der Waals surface area contributed by atoms with E-state index < -0.39 is 5.97 Å². The van der Waals surface area contributed by atoms with Crippen LogP contribution < -0.4 is 0 Å². The zero-order valence-corrected chi connectivity index (χ0v) is 12.0. The van der Waals surface area contributed by atoms with Gasteiger partial charge in [0.05, 0.1) is 24.6 Å². The molecule has 2 rings (SSSR count). The van der Waals surface area contributed by atoms with Crippen molar-refractivity contribution in [1.29, 1.82) is 0 Å². The van der Waals surface area contributed by atoms with E-state index >= 15 is 0 Å². The Hall–Kier alpha value is -1.88. The molecule has 0 spiro atoms. The molecule has 0 aliphatic carbocycles. The molecule has 1 heterocycles. The van der Waals surface area contributed by atoms with Gasteiger partial charge >= 0.3 is 5.97 Å². The Morgan fingerprint density at radius 1 is 1.19 bits per heavy atom. The van der Waals surface area contributed by atoms with Gasteiger partial charge in [-0.05, 0) is 24.5 Å². The Morgan fingerprint density at radius 3 is 2.67 bits per heavy atom. The van der Waals surface area contributed by atoms with Crippen molar-refractivity contribution in [2.75, 3.05) is 13.2 Å². The van der Waals surface area contributed by atoms with Gasteiger partial charge in [0.2, 0.25) is 5.91 Å². The van der Waals surface area contributed by atoms with Crippen molar-refractivity contribution in [2.45, 2.75) is 38.1 Å². The van der Waals surface area contributed by atoms with Crippen LogP contribution in [0.4, 0.5) is 0 Å². The number of aliphatic hydroxyl groups is 1. The summed E-state index contributed by atoms with van der Waals surface area (Å²) in [6, 6.07) is 6.43. The summed E-state index contributed by atoms with van der Waals surface area (Å²) < 4.78 is 0. The first kappa shape index (κ1) is 15.5. The maximum atomic E-state index is 12.5. The Balaban J connectivity index is 2.14. The molecule has 1 unspecified atom stereocenters. The number of aliphatic hydroxyl groups excluding tert-OH is 1. The fraction of sp³-hybridized carbons (Fsp3) is 0.500. The van der Waals surface area contributed by atoms with E-state index in [4.69, 9.17) is 5.11 Å². The van der Waals surface area contributed by atoms with Gasteiger partial charge < -0.3 is 15.1 Å². The number of likely N-dealkylation sites (tertiary alicyclic amines) is 1. The summed E-state index contributed by atoms with van der Waals surface area (Å²) in [5.74, 6) is -1.13. The molecule has 1 fully saturated rings. The first-order valence-corrected chi connectivity index (χ1v) is 7.35. The normalized spacial score (nSPS) is 19.1. The summed E-state index contributed by atoms with van der Waals surface area (Å²) in [7, 11) is 0. The molecule has 1 aromatic rings. The molecule has 1 aromatic carbocycles. The molecule has 1 saturated heterocycles. The maximum Gasteiger partial charge on any atom is 0.335 e. The monoisotopic (exact) mass is 291 g/mol. The lowest BCUT2D eigenvalue weighted by atomic mass is 10.0. The molecule has 1 aliphatic rings. The minimum Gasteiger partial charge on any atom is -0.478 e. The van der Waals surface area contributed by atoms with Gasteiger partial charge in [0.1, 0.15) is 0 Å². The standard InChI is InChI=1S/C16H21NO4/c18-11-13-7-2-1-5-9-17(13)15(19)10-12-6-3-4-8-14(12)16(20)21/h3-4,6,8,13,18H,1-2,5,7,9-11H2,(H,20,21). The number of hydrogen-bond donors (Lipinski definition) is 2. The average molecular weight is 291 g/mol. The fourth-order valence-electron chi connectivity index (χ4n) is 2.84. The van der Waals surface area contributed by atoms with Crippen molar-refractivity contribution < 1.29 is 19.8 Å². The van der Waals surface area contributed by atoms with Gasteiger partial charge in [0.15, 0.2) is 0 Å². The molecule has 1 aliphatic heterocycles. The Bertz CT molecular complexity index is 515. The van der Waals surface area contributed by atoms with E-state index in [1.54, 1.807) is 23.1 Å². The fourth-order valence-corrected chi connectivity index (χ4v) is 2.84. The van der Waals surface area contributed by atoms with E-state index in [-0.39, 0.29) is 30.5 Å². The molecule has 5 nitrogen and oxygen atoms in total. The number of hydrogen-bond acceptors (Lipinski definition) is 3. The van der Waals surface area contributed by atoms with E-state index in [0.29, 0.717) is 12.1 Å². The van der Waals surface area contributed by atoms with Crippen LogP contribution in [0.25, 0.3) is 0 Å². The summed E-state index contributed by atoms with van der Waals surface area (Å²) in [6.07, 6.45) is 3.89. The predicted octanol–water partition coefficient (Wildman–Crippen LogP) is 1.69. The SMILES string of the molecule is O=C(O)c1ccccc1CC(=O)N1CCCCCC1CO. The van der Waals surface area contributed by atoms with Crippen molar-refractivity contribution in [3.05, 3.63) is 35.4 Å². The van der Waals surface area contributed by atoms with Crippen molar-refractivity contribution >= 4 is 11.9 Å². The maximum absolute atomic E-state index is 12.5. The number of amides is 1. The van der Waals surface area contributed by atoms with Gasteiger partial charge in [0, 0.05) is 6.54 Å². The lowest BCUT2D eigenvalue weighted by Gasteiger charge is -2.29. The largest absolute Gasteiger partial charge is 0.478 e. The number of rotatable bonds is 4. The topological polar surface area (TPSA) is 77.8 Å². The van der Waals surface area contributed by atoms with Crippen molar-refractivity contribution in [2.24, 2.45) is 0 Å². The number of carbonyl (C=O) groups excluding carboxylic acids is 1. The predicted molar refractivity (Wildman–Crippen MR) is 78.2 cm³/mol. The third kappa shape index (κ3) is 3.82. The molecule has 2 N–H and O–H groups in total. The van der Waals surface area contributed by atoms with Gasteiger partial charge in [-0.1, -0.05) is 31.0 Å². The van der Waals surface area contributed by atoms with Gasteiger partial charge in [-0.3, -0.25) is 4.79 Å². The number of carboxylic acid groups (broad SMARTS) is 1.